The van der Waals surface area contributed by atoms with Crippen LogP contribution in [0.25, 0.3) is 5.65 Å². The Morgan fingerprint density at radius 1 is 1.38 bits per heavy atom. The van der Waals surface area contributed by atoms with Gasteiger partial charge in [0.1, 0.15) is 5.82 Å². The highest BCUT2D eigenvalue weighted by Crippen LogP contribution is 2.02. The number of pyridine rings is 1. The van der Waals surface area contributed by atoms with Crippen molar-refractivity contribution in [3.05, 3.63) is 30.2 Å². The van der Waals surface area contributed by atoms with Crippen molar-refractivity contribution < 1.29 is 8.42 Å². The van der Waals surface area contributed by atoms with E-state index in [1.54, 1.807) is 0 Å². The minimum Gasteiger partial charge on any atom is -0.286 e. The Hall–Kier alpha value is -1.47. The van der Waals surface area contributed by atoms with Crippen LogP contribution in [0.15, 0.2) is 24.4 Å². The molecule has 0 saturated carbocycles. The first-order valence-corrected chi connectivity index (χ1v) is 6.69. The third-order valence-electron chi connectivity index (χ3n) is 2.10. The molecule has 0 unspecified atom stereocenters. The Bertz CT molecular complexity index is 590. The Kier molecular flexibility index (Phi) is 2.88. The van der Waals surface area contributed by atoms with E-state index in [2.05, 4.69) is 14.9 Å². The van der Waals surface area contributed by atoms with Crippen LogP contribution in [-0.4, -0.2) is 35.8 Å². The Labute approximate surface area is 93.4 Å². The van der Waals surface area contributed by atoms with Crippen LogP contribution in [0.5, 0.6) is 0 Å². The lowest BCUT2D eigenvalue weighted by atomic mass is 10.4. The Balaban J connectivity index is 2.10. The van der Waals surface area contributed by atoms with Crippen LogP contribution in [0.1, 0.15) is 5.82 Å². The van der Waals surface area contributed by atoms with E-state index in [1.165, 1.54) is 0 Å². The number of rotatable bonds is 4. The molecule has 0 atom stereocenters. The molecule has 0 amide bonds. The molecule has 86 valence electrons. The van der Waals surface area contributed by atoms with Gasteiger partial charge in [-0.3, -0.25) is 4.40 Å². The van der Waals surface area contributed by atoms with Gasteiger partial charge in [-0.05, 0) is 12.1 Å². The first kappa shape index (κ1) is 11.0. The van der Waals surface area contributed by atoms with Gasteiger partial charge in [-0.15, -0.1) is 10.2 Å². The molecule has 6 nitrogen and oxygen atoms in total. The molecule has 0 aromatic carbocycles. The second kappa shape index (κ2) is 4.18. The number of nitrogens with one attached hydrogen (secondary N) is 1. The van der Waals surface area contributed by atoms with Crippen molar-refractivity contribution in [1.82, 2.24) is 19.3 Å². The number of fused-ring (bicyclic) bond motifs is 1. The molecule has 0 saturated heterocycles. The highest BCUT2D eigenvalue weighted by Gasteiger charge is 2.05. The number of aromatic nitrogens is 3. The fourth-order valence-electron chi connectivity index (χ4n) is 1.41. The smallest absolute Gasteiger partial charge is 0.208 e. The molecule has 0 spiro atoms. The lowest BCUT2D eigenvalue weighted by molar-refractivity contribution is 0.587. The van der Waals surface area contributed by atoms with Gasteiger partial charge in [-0.1, -0.05) is 6.07 Å². The predicted octanol–water partition coefficient (Wildman–Crippen LogP) is -0.179. The van der Waals surface area contributed by atoms with Gasteiger partial charge in [-0.25, -0.2) is 13.1 Å². The topological polar surface area (TPSA) is 76.4 Å². The zero-order valence-corrected chi connectivity index (χ0v) is 9.61. The first-order valence-electron chi connectivity index (χ1n) is 4.79. The van der Waals surface area contributed by atoms with Crippen molar-refractivity contribution in [3.8, 4) is 0 Å². The van der Waals surface area contributed by atoms with Crippen molar-refractivity contribution in [2.45, 2.75) is 6.42 Å². The molecule has 1 N–H and O–H groups in total. The van der Waals surface area contributed by atoms with Crippen LogP contribution in [0.3, 0.4) is 0 Å². The third-order valence-corrected chi connectivity index (χ3v) is 2.83. The van der Waals surface area contributed by atoms with E-state index >= 15 is 0 Å². The molecule has 0 aliphatic rings. The summed E-state index contributed by atoms with van der Waals surface area (Å²) in [4.78, 5) is 0. The van der Waals surface area contributed by atoms with Crippen LogP contribution >= 0.6 is 0 Å². The summed E-state index contributed by atoms with van der Waals surface area (Å²) in [6, 6.07) is 5.60. The van der Waals surface area contributed by atoms with E-state index in [9.17, 15) is 8.42 Å². The molecule has 0 aliphatic heterocycles. The summed E-state index contributed by atoms with van der Waals surface area (Å²) >= 11 is 0. The molecular formula is C9H12N4O2S. The largest absolute Gasteiger partial charge is 0.286 e. The van der Waals surface area contributed by atoms with E-state index in [0.717, 1.165) is 17.7 Å². The van der Waals surface area contributed by atoms with E-state index in [4.69, 9.17) is 0 Å². The van der Waals surface area contributed by atoms with Crippen molar-refractivity contribution in [3.63, 3.8) is 0 Å². The second-order valence-corrected chi connectivity index (χ2v) is 5.29. The standard InChI is InChI=1S/C9H12N4O2S/c1-16(14,15)10-6-5-9-12-11-8-4-2-3-7-13(8)9/h2-4,7,10H,5-6H2,1H3. The fraction of sp³-hybridized carbons (Fsp3) is 0.333. The van der Waals surface area contributed by atoms with Crippen molar-refractivity contribution >= 4 is 15.7 Å². The maximum atomic E-state index is 10.9. The predicted molar refractivity (Wildman–Crippen MR) is 59.5 cm³/mol. The molecule has 7 heteroatoms. The summed E-state index contributed by atoms with van der Waals surface area (Å²) in [5, 5.41) is 7.96. The monoisotopic (exact) mass is 240 g/mol. The van der Waals surface area contributed by atoms with Crippen LogP contribution in [-0.2, 0) is 16.4 Å². The zero-order valence-electron chi connectivity index (χ0n) is 8.79. The summed E-state index contributed by atoms with van der Waals surface area (Å²) in [7, 11) is -3.14. The summed E-state index contributed by atoms with van der Waals surface area (Å²) in [5.74, 6) is 0.742. The third kappa shape index (κ3) is 2.56. The average molecular weight is 240 g/mol. The SMILES string of the molecule is CS(=O)(=O)NCCc1nnc2ccccn12. The molecule has 0 fully saturated rings. The van der Waals surface area contributed by atoms with E-state index in [1.807, 2.05) is 28.8 Å². The molecule has 16 heavy (non-hydrogen) atoms. The Morgan fingerprint density at radius 3 is 2.94 bits per heavy atom. The number of hydrogen-bond donors (Lipinski definition) is 1. The van der Waals surface area contributed by atoms with E-state index in [-0.39, 0.29) is 0 Å². The first-order chi connectivity index (χ1) is 7.56. The van der Waals surface area contributed by atoms with Gasteiger partial charge in [-0.2, -0.15) is 0 Å². The maximum absolute atomic E-state index is 10.9. The van der Waals surface area contributed by atoms with Crippen molar-refractivity contribution in [2.24, 2.45) is 0 Å². The quantitative estimate of drug-likeness (QED) is 0.804. The molecule has 0 bridgehead atoms. The average Bonchev–Trinajstić information content (AvgIpc) is 2.60. The van der Waals surface area contributed by atoms with Gasteiger partial charge in [0.05, 0.1) is 6.26 Å². The lowest BCUT2D eigenvalue weighted by Crippen LogP contribution is -2.24. The van der Waals surface area contributed by atoms with Crippen LogP contribution in [0.2, 0.25) is 0 Å². The molecule has 0 aliphatic carbocycles. The zero-order chi connectivity index (χ0) is 11.6. The van der Waals surface area contributed by atoms with Crippen molar-refractivity contribution in [1.29, 1.82) is 0 Å². The van der Waals surface area contributed by atoms with Gasteiger partial charge in [0.2, 0.25) is 10.0 Å². The van der Waals surface area contributed by atoms with Crippen LogP contribution in [0.4, 0.5) is 0 Å². The number of sulfonamides is 1. The number of nitrogens with zero attached hydrogens (tertiary/aromatic N) is 3. The molecule has 2 aromatic heterocycles. The maximum Gasteiger partial charge on any atom is 0.208 e. The summed E-state index contributed by atoms with van der Waals surface area (Å²) in [6.07, 6.45) is 3.50. The Morgan fingerprint density at radius 2 is 2.19 bits per heavy atom. The van der Waals surface area contributed by atoms with E-state index in [0.29, 0.717) is 13.0 Å². The van der Waals surface area contributed by atoms with Gasteiger partial charge < -0.3 is 0 Å². The fourth-order valence-corrected chi connectivity index (χ4v) is 1.88. The van der Waals surface area contributed by atoms with Gasteiger partial charge in [0.25, 0.3) is 0 Å². The molecular weight excluding hydrogens is 228 g/mol. The minimum absolute atomic E-state index is 0.328. The number of hydrogen-bond acceptors (Lipinski definition) is 4. The van der Waals surface area contributed by atoms with Gasteiger partial charge in [0, 0.05) is 19.2 Å². The molecule has 2 rings (SSSR count). The van der Waals surface area contributed by atoms with Crippen LogP contribution in [0, 0.1) is 0 Å². The van der Waals surface area contributed by atoms with Crippen LogP contribution < -0.4 is 4.72 Å². The lowest BCUT2D eigenvalue weighted by Gasteiger charge is -2.00. The minimum atomic E-state index is -3.14. The summed E-state index contributed by atoms with van der Waals surface area (Å²) in [5.41, 5.74) is 0.761. The summed E-state index contributed by atoms with van der Waals surface area (Å²) in [6.45, 7) is 0.328. The van der Waals surface area contributed by atoms with Gasteiger partial charge in [0.15, 0.2) is 5.65 Å². The van der Waals surface area contributed by atoms with E-state index < -0.39 is 10.0 Å². The highest BCUT2D eigenvalue weighted by molar-refractivity contribution is 7.88. The van der Waals surface area contributed by atoms with Gasteiger partial charge >= 0.3 is 0 Å². The molecule has 2 heterocycles. The molecule has 2 aromatic rings. The second-order valence-electron chi connectivity index (χ2n) is 3.46. The summed E-state index contributed by atoms with van der Waals surface area (Å²) < 4.78 is 26.0. The highest BCUT2D eigenvalue weighted by atomic mass is 32.2. The van der Waals surface area contributed by atoms with Crippen molar-refractivity contribution in [2.75, 3.05) is 12.8 Å². The molecule has 0 radical (unpaired) electrons. The normalized spacial score (nSPS) is 12.1.